The van der Waals surface area contributed by atoms with Gasteiger partial charge in [0, 0.05) is 12.8 Å². The molecule has 0 saturated heterocycles. The molecule has 0 radical (unpaired) electrons. The lowest BCUT2D eigenvalue weighted by Crippen LogP contribution is -2.02. The van der Waals surface area contributed by atoms with E-state index in [4.69, 9.17) is 0 Å². The standard InChI is InChI=1S/C17H25FO/c1-2-3-4-5-6-7-8-12-17(19)14-15-10-9-11-16(18)13-15/h9-11,13H,2-8,12,14H2,1H3. The first-order valence-electron chi connectivity index (χ1n) is 7.48. The van der Waals surface area contributed by atoms with Gasteiger partial charge in [0.25, 0.3) is 0 Å². The minimum atomic E-state index is -0.263. The van der Waals surface area contributed by atoms with Crippen molar-refractivity contribution in [2.45, 2.75) is 64.7 Å². The minimum Gasteiger partial charge on any atom is -0.299 e. The second-order valence-electron chi connectivity index (χ2n) is 5.22. The third-order valence-electron chi connectivity index (χ3n) is 3.35. The van der Waals surface area contributed by atoms with Gasteiger partial charge in [0.15, 0.2) is 0 Å². The van der Waals surface area contributed by atoms with E-state index in [0.29, 0.717) is 12.8 Å². The lowest BCUT2D eigenvalue weighted by atomic mass is 10.0. The molecule has 1 nitrogen and oxygen atoms in total. The maximum Gasteiger partial charge on any atom is 0.137 e. The van der Waals surface area contributed by atoms with Gasteiger partial charge >= 0.3 is 0 Å². The van der Waals surface area contributed by atoms with Gasteiger partial charge in [-0.25, -0.2) is 4.39 Å². The third-order valence-corrected chi connectivity index (χ3v) is 3.35. The molecule has 106 valence electrons. The second kappa shape index (κ2) is 9.71. The lowest BCUT2D eigenvalue weighted by molar-refractivity contribution is -0.118. The number of carbonyl (C=O) groups excluding carboxylic acids is 1. The molecule has 0 N–H and O–H groups in total. The summed E-state index contributed by atoms with van der Waals surface area (Å²) < 4.78 is 13.0. The third kappa shape index (κ3) is 7.76. The minimum absolute atomic E-state index is 0.221. The molecule has 1 aromatic carbocycles. The van der Waals surface area contributed by atoms with Crippen LogP contribution in [0.2, 0.25) is 0 Å². The summed E-state index contributed by atoms with van der Waals surface area (Å²) in [6, 6.07) is 6.32. The lowest BCUT2D eigenvalue weighted by Gasteiger charge is -2.02. The molecule has 0 fully saturated rings. The number of Topliss-reactive ketones (excluding diaryl/α,β-unsaturated/α-hetero) is 1. The Kier molecular flexibility index (Phi) is 8.11. The maximum absolute atomic E-state index is 13.0. The van der Waals surface area contributed by atoms with Gasteiger partial charge in [0.05, 0.1) is 0 Å². The Balaban J connectivity index is 2.08. The highest BCUT2D eigenvalue weighted by Crippen LogP contribution is 2.11. The van der Waals surface area contributed by atoms with Gasteiger partial charge in [-0.15, -0.1) is 0 Å². The molecular formula is C17H25FO. The highest BCUT2D eigenvalue weighted by Gasteiger charge is 2.04. The predicted octanol–water partition coefficient (Wildman–Crippen LogP) is 5.08. The summed E-state index contributed by atoms with van der Waals surface area (Å²) in [6.45, 7) is 2.21. The highest BCUT2D eigenvalue weighted by molar-refractivity contribution is 5.80. The number of benzene rings is 1. The first-order chi connectivity index (χ1) is 9.22. The van der Waals surface area contributed by atoms with Gasteiger partial charge in [-0.1, -0.05) is 57.6 Å². The zero-order valence-corrected chi connectivity index (χ0v) is 12.0. The molecule has 0 amide bonds. The number of hydrogen-bond acceptors (Lipinski definition) is 1. The van der Waals surface area contributed by atoms with Crippen LogP contribution < -0.4 is 0 Å². The van der Waals surface area contributed by atoms with Crippen LogP contribution in [0.3, 0.4) is 0 Å². The second-order valence-corrected chi connectivity index (χ2v) is 5.22. The number of unbranched alkanes of at least 4 members (excludes halogenated alkanes) is 6. The Morgan fingerprint density at radius 3 is 2.42 bits per heavy atom. The molecule has 0 aliphatic rings. The molecule has 0 aromatic heterocycles. The fourth-order valence-corrected chi connectivity index (χ4v) is 2.24. The summed E-state index contributed by atoms with van der Waals surface area (Å²) in [5, 5.41) is 0. The van der Waals surface area contributed by atoms with Crippen molar-refractivity contribution in [1.29, 1.82) is 0 Å². The van der Waals surface area contributed by atoms with Crippen molar-refractivity contribution in [3.05, 3.63) is 35.6 Å². The smallest absolute Gasteiger partial charge is 0.137 e. The van der Waals surface area contributed by atoms with E-state index in [1.807, 2.05) is 6.07 Å². The van der Waals surface area contributed by atoms with Crippen LogP contribution in [0, 0.1) is 5.82 Å². The van der Waals surface area contributed by atoms with E-state index >= 15 is 0 Å². The number of hydrogen-bond donors (Lipinski definition) is 0. The van der Waals surface area contributed by atoms with Gasteiger partial charge in [0.2, 0.25) is 0 Å². The molecule has 0 unspecified atom stereocenters. The maximum atomic E-state index is 13.0. The summed E-state index contributed by atoms with van der Waals surface area (Å²) in [5.74, 6) is -0.0413. The summed E-state index contributed by atoms with van der Waals surface area (Å²) in [5.41, 5.74) is 0.785. The van der Waals surface area contributed by atoms with Crippen molar-refractivity contribution in [3.63, 3.8) is 0 Å². The quantitative estimate of drug-likeness (QED) is 0.539. The number of carbonyl (C=O) groups is 1. The summed E-state index contributed by atoms with van der Waals surface area (Å²) in [6.07, 6.45) is 9.52. The van der Waals surface area contributed by atoms with E-state index in [2.05, 4.69) is 6.92 Å². The van der Waals surface area contributed by atoms with E-state index in [0.717, 1.165) is 18.4 Å². The van der Waals surface area contributed by atoms with Crippen LogP contribution in [0.5, 0.6) is 0 Å². The molecule has 0 atom stereocenters. The first kappa shape index (κ1) is 15.9. The Bertz CT molecular complexity index is 373. The van der Waals surface area contributed by atoms with Gasteiger partial charge in [-0.2, -0.15) is 0 Å². The summed E-state index contributed by atoms with van der Waals surface area (Å²) >= 11 is 0. The largest absolute Gasteiger partial charge is 0.299 e. The molecule has 1 rings (SSSR count). The Labute approximate surface area is 116 Å². The van der Waals surface area contributed by atoms with E-state index in [1.54, 1.807) is 6.07 Å². The van der Waals surface area contributed by atoms with E-state index in [-0.39, 0.29) is 11.6 Å². The van der Waals surface area contributed by atoms with Crippen molar-refractivity contribution < 1.29 is 9.18 Å². The number of rotatable bonds is 10. The number of ketones is 1. The SMILES string of the molecule is CCCCCCCCCC(=O)Cc1cccc(F)c1. The Morgan fingerprint density at radius 1 is 1.05 bits per heavy atom. The van der Waals surface area contributed by atoms with Crippen molar-refractivity contribution in [1.82, 2.24) is 0 Å². The van der Waals surface area contributed by atoms with Crippen LogP contribution in [0.4, 0.5) is 4.39 Å². The predicted molar refractivity (Wildman–Crippen MR) is 77.7 cm³/mol. The normalized spacial score (nSPS) is 10.6. The molecule has 0 saturated carbocycles. The van der Waals surface area contributed by atoms with Crippen molar-refractivity contribution in [2.24, 2.45) is 0 Å². The van der Waals surface area contributed by atoms with Gasteiger partial charge in [-0.3, -0.25) is 4.79 Å². The average molecular weight is 264 g/mol. The molecule has 0 aliphatic carbocycles. The molecule has 0 aliphatic heterocycles. The Hall–Kier alpha value is -1.18. The molecule has 2 heteroatoms. The summed E-state index contributed by atoms with van der Waals surface area (Å²) in [4.78, 5) is 11.7. The van der Waals surface area contributed by atoms with Crippen LogP contribution in [0.15, 0.2) is 24.3 Å². The van der Waals surface area contributed by atoms with Crippen LogP contribution in [0.1, 0.15) is 63.9 Å². The molecule has 1 aromatic rings. The highest BCUT2D eigenvalue weighted by atomic mass is 19.1. The number of halogens is 1. The molecular weight excluding hydrogens is 239 g/mol. The Morgan fingerprint density at radius 2 is 1.74 bits per heavy atom. The topological polar surface area (TPSA) is 17.1 Å². The van der Waals surface area contributed by atoms with E-state index in [9.17, 15) is 9.18 Å². The molecule has 0 bridgehead atoms. The van der Waals surface area contributed by atoms with E-state index < -0.39 is 0 Å². The zero-order chi connectivity index (χ0) is 13.9. The molecule has 19 heavy (non-hydrogen) atoms. The fraction of sp³-hybridized carbons (Fsp3) is 0.588. The van der Waals surface area contributed by atoms with Crippen molar-refractivity contribution >= 4 is 5.78 Å². The van der Waals surface area contributed by atoms with Gasteiger partial charge in [0.1, 0.15) is 11.6 Å². The molecule has 0 spiro atoms. The van der Waals surface area contributed by atoms with Gasteiger partial charge < -0.3 is 0 Å². The average Bonchev–Trinajstić information content (AvgIpc) is 2.37. The van der Waals surface area contributed by atoms with Gasteiger partial charge in [-0.05, 0) is 24.1 Å². The monoisotopic (exact) mass is 264 g/mol. The fourth-order valence-electron chi connectivity index (χ4n) is 2.24. The zero-order valence-electron chi connectivity index (χ0n) is 12.0. The van der Waals surface area contributed by atoms with E-state index in [1.165, 1.54) is 44.2 Å². The molecule has 0 heterocycles. The van der Waals surface area contributed by atoms with Crippen LogP contribution in [-0.2, 0) is 11.2 Å². The van der Waals surface area contributed by atoms with Crippen LogP contribution in [-0.4, -0.2) is 5.78 Å². The van der Waals surface area contributed by atoms with Crippen molar-refractivity contribution in [2.75, 3.05) is 0 Å². The van der Waals surface area contributed by atoms with Crippen LogP contribution in [0.25, 0.3) is 0 Å². The van der Waals surface area contributed by atoms with Crippen LogP contribution >= 0.6 is 0 Å². The first-order valence-corrected chi connectivity index (χ1v) is 7.48. The summed E-state index contributed by atoms with van der Waals surface area (Å²) in [7, 11) is 0. The van der Waals surface area contributed by atoms with Crippen molar-refractivity contribution in [3.8, 4) is 0 Å².